The monoisotopic (exact) mass is 528 g/mol. The fourth-order valence-electron chi connectivity index (χ4n) is 5.36. The van der Waals surface area contributed by atoms with Crippen molar-refractivity contribution in [2.45, 2.75) is 13.8 Å². The molecule has 2 heterocycles. The van der Waals surface area contributed by atoms with E-state index in [1.165, 1.54) is 5.69 Å². The highest BCUT2D eigenvalue weighted by Crippen LogP contribution is 2.32. The van der Waals surface area contributed by atoms with Crippen LogP contribution in [0.3, 0.4) is 0 Å². The summed E-state index contributed by atoms with van der Waals surface area (Å²) >= 11 is 0. The van der Waals surface area contributed by atoms with Gasteiger partial charge >= 0.3 is 0 Å². The number of hydrogen-bond acceptors (Lipinski definition) is 5. The number of nitrogens with two attached hydrogens (primary N) is 1. The number of carbonyl (C=O) groups excluding carboxylic acids is 1. The number of aromatic nitrogens is 1. The summed E-state index contributed by atoms with van der Waals surface area (Å²) in [5, 5.41) is 4.05. The van der Waals surface area contributed by atoms with Crippen LogP contribution in [-0.2, 0) is 4.74 Å². The van der Waals surface area contributed by atoms with E-state index in [1.807, 2.05) is 62.4 Å². The Morgan fingerprint density at radius 2 is 1.52 bits per heavy atom. The van der Waals surface area contributed by atoms with Gasteiger partial charge < -0.3 is 20.7 Å². The summed E-state index contributed by atoms with van der Waals surface area (Å²) in [4.78, 5) is 19.9. The first-order valence-electron chi connectivity index (χ1n) is 13.6. The minimum atomic E-state index is -0.119. The second-order valence-corrected chi connectivity index (χ2v) is 10.4. The summed E-state index contributed by atoms with van der Waals surface area (Å²) in [5.41, 5.74) is 16.0. The lowest BCUT2D eigenvalue weighted by Crippen LogP contribution is -2.36. The number of amides is 1. The number of carbonyl (C=O) groups is 1. The maximum absolute atomic E-state index is 12.9. The van der Waals surface area contributed by atoms with E-state index in [4.69, 9.17) is 15.5 Å². The largest absolute Gasteiger partial charge is 0.383 e. The molecule has 200 valence electrons. The third-order valence-corrected chi connectivity index (χ3v) is 7.34. The number of benzene rings is 4. The van der Waals surface area contributed by atoms with Crippen LogP contribution in [0.15, 0.2) is 91.0 Å². The van der Waals surface area contributed by atoms with Crippen molar-refractivity contribution >= 4 is 34.0 Å². The first-order valence-corrected chi connectivity index (χ1v) is 13.6. The SMILES string of the molecule is Cc1cc(C)cc(C(=O)Nc2cccc(-c3ccc4nc(N)c(-c5ccc(N6CCOCC6)cc5)cc4c3)c2)c1. The Morgan fingerprint density at radius 3 is 2.27 bits per heavy atom. The number of nitrogens with zero attached hydrogens (tertiary/aromatic N) is 2. The van der Waals surface area contributed by atoms with Gasteiger partial charge in [-0.2, -0.15) is 0 Å². The molecule has 1 aliphatic heterocycles. The number of fused-ring (bicyclic) bond motifs is 1. The Morgan fingerprint density at radius 1 is 0.825 bits per heavy atom. The van der Waals surface area contributed by atoms with Crippen LogP contribution in [0.2, 0.25) is 0 Å². The fraction of sp³-hybridized carbons (Fsp3) is 0.176. The Balaban J connectivity index is 1.27. The minimum Gasteiger partial charge on any atom is -0.383 e. The predicted octanol–water partition coefficient (Wildman–Crippen LogP) is 6.86. The highest BCUT2D eigenvalue weighted by Gasteiger charge is 2.13. The summed E-state index contributed by atoms with van der Waals surface area (Å²) in [7, 11) is 0. The molecule has 1 saturated heterocycles. The lowest BCUT2D eigenvalue weighted by molar-refractivity contribution is 0.102. The average Bonchev–Trinajstić information content (AvgIpc) is 2.97. The van der Waals surface area contributed by atoms with Crippen LogP contribution in [0.5, 0.6) is 0 Å². The molecule has 1 amide bonds. The van der Waals surface area contributed by atoms with E-state index in [-0.39, 0.29) is 5.91 Å². The molecule has 0 atom stereocenters. The highest BCUT2D eigenvalue weighted by molar-refractivity contribution is 6.05. The molecule has 6 heteroatoms. The minimum absolute atomic E-state index is 0.119. The summed E-state index contributed by atoms with van der Waals surface area (Å²) in [6.45, 7) is 7.31. The van der Waals surface area contributed by atoms with Crippen LogP contribution in [0.25, 0.3) is 33.2 Å². The molecule has 1 fully saturated rings. The smallest absolute Gasteiger partial charge is 0.255 e. The molecular formula is C34H32N4O2. The first kappa shape index (κ1) is 25.6. The van der Waals surface area contributed by atoms with Crippen LogP contribution < -0.4 is 16.0 Å². The van der Waals surface area contributed by atoms with E-state index >= 15 is 0 Å². The number of aryl methyl sites for hydroxylation is 2. The van der Waals surface area contributed by atoms with E-state index in [0.717, 1.165) is 76.3 Å². The van der Waals surface area contributed by atoms with Crippen LogP contribution in [0.1, 0.15) is 21.5 Å². The van der Waals surface area contributed by atoms with Crippen molar-refractivity contribution in [3.8, 4) is 22.3 Å². The number of hydrogen-bond donors (Lipinski definition) is 2. The Labute approximate surface area is 234 Å². The van der Waals surface area contributed by atoms with E-state index < -0.39 is 0 Å². The van der Waals surface area contributed by atoms with Crippen LogP contribution >= 0.6 is 0 Å². The van der Waals surface area contributed by atoms with Gasteiger partial charge in [0, 0.05) is 41.0 Å². The Hall–Kier alpha value is -4.68. The maximum Gasteiger partial charge on any atom is 0.255 e. The van der Waals surface area contributed by atoms with Crippen LogP contribution in [0, 0.1) is 13.8 Å². The zero-order valence-electron chi connectivity index (χ0n) is 22.8. The van der Waals surface area contributed by atoms with Crippen molar-refractivity contribution in [3.05, 3.63) is 108 Å². The van der Waals surface area contributed by atoms with Gasteiger partial charge in [-0.15, -0.1) is 0 Å². The highest BCUT2D eigenvalue weighted by atomic mass is 16.5. The molecule has 40 heavy (non-hydrogen) atoms. The quantitative estimate of drug-likeness (QED) is 0.261. The van der Waals surface area contributed by atoms with Crippen molar-refractivity contribution in [2.75, 3.05) is 42.3 Å². The van der Waals surface area contributed by atoms with Gasteiger partial charge in [0.25, 0.3) is 5.91 Å². The third-order valence-electron chi connectivity index (χ3n) is 7.34. The lowest BCUT2D eigenvalue weighted by Gasteiger charge is -2.29. The van der Waals surface area contributed by atoms with Crippen molar-refractivity contribution < 1.29 is 9.53 Å². The summed E-state index contributed by atoms with van der Waals surface area (Å²) in [5.74, 6) is 0.391. The fourth-order valence-corrected chi connectivity index (χ4v) is 5.36. The maximum atomic E-state index is 12.9. The molecule has 0 saturated carbocycles. The third kappa shape index (κ3) is 5.40. The number of ether oxygens (including phenoxy) is 1. The predicted molar refractivity (Wildman–Crippen MR) is 164 cm³/mol. The molecule has 1 aromatic heterocycles. The van der Waals surface area contributed by atoms with Gasteiger partial charge in [0.2, 0.25) is 0 Å². The van der Waals surface area contributed by atoms with E-state index in [9.17, 15) is 4.79 Å². The van der Waals surface area contributed by atoms with Crippen molar-refractivity contribution in [3.63, 3.8) is 0 Å². The lowest BCUT2D eigenvalue weighted by atomic mass is 9.99. The summed E-state index contributed by atoms with van der Waals surface area (Å²) in [6, 6.07) is 30.5. The Bertz CT molecular complexity index is 1690. The first-order chi connectivity index (χ1) is 19.4. The molecule has 6 nitrogen and oxygen atoms in total. The number of morpholine rings is 1. The van der Waals surface area contributed by atoms with Crippen LogP contribution in [0.4, 0.5) is 17.2 Å². The molecule has 0 bridgehead atoms. The normalized spacial score (nSPS) is 13.4. The van der Waals surface area contributed by atoms with Crippen LogP contribution in [-0.4, -0.2) is 37.2 Å². The standard InChI is InChI=1S/C34H32N4O2/c1-22-16-23(2)18-28(17-22)34(39)36-29-5-3-4-25(20-29)26-8-11-32-27(19-26)21-31(33(35)37-32)24-6-9-30(10-7-24)38-12-14-40-15-13-38/h3-11,16-21H,12-15H2,1-2H3,(H2,35,37)(H,36,39). The molecule has 1 aliphatic rings. The average molecular weight is 529 g/mol. The number of anilines is 3. The van der Waals surface area contributed by atoms with Gasteiger partial charge in [-0.05, 0) is 85.1 Å². The summed E-state index contributed by atoms with van der Waals surface area (Å²) in [6.07, 6.45) is 0. The molecule has 6 rings (SSSR count). The zero-order chi connectivity index (χ0) is 27.6. The summed E-state index contributed by atoms with van der Waals surface area (Å²) < 4.78 is 5.48. The number of pyridine rings is 1. The number of rotatable bonds is 5. The molecule has 5 aromatic rings. The van der Waals surface area contributed by atoms with Crippen molar-refractivity contribution in [2.24, 2.45) is 0 Å². The molecule has 0 aliphatic carbocycles. The van der Waals surface area contributed by atoms with Gasteiger partial charge in [-0.25, -0.2) is 4.98 Å². The Kier molecular flexibility index (Phi) is 6.93. The molecule has 3 N–H and O–H groups in total. The van der Waals surface area contributed by atoms with E-state index in [0.29, 0.717) is 11.4 Å². The topological polar surface area (TPSA) is 80.5 Å². The number of nitrogen functional groups attached to an aromatic ring is 1. The second kappa shape index (κ2) is 10.8. The van der Waals surface area contributed by atoms with E-state index in [2.05, 4.69) is 52.7 Å². The van der Waals surface area contributed by atoms with Gasteiger partial charge in [-0.1, -0.05) is 47.5 Å². The van der Waals surface area contributed by atoms with Crippen molar-refractivity contribution in [1.82, 2.24) is 4.98 Å². The molecule has 4 aromatic carbocycles. The van der Waals surface area contributed by atoms with Gasteiger partial charge in [0.15, 0.2) is 0 Å². The van der Waals surface area contributed by atoms with Gasteiger partial charge in [-0.3, -0.25) is 4.79 Å². The molecule has 0 radical (unpaired) electrons. The number of nitrogens with one attached hydrogen (secondary N) is 1. The van der Waals surface area contributed by atoms with Crippen molar-refractivity contribution in [1.29, 1.82) is 0 Å². The van der Waals surface area contributed by atoms with Gasteiger partial charge in [0.1, 0.15) is 5.82 Å². The molecule has 0 spiro atoms. The van der Waals surface area contributed by atoms with E-state index in [1.54, 1.807) is 0 Å². The molecular weight excluding hydrogens is 496 g/mol. The van der Waals surface area contributed by atoms with Gasteiger partial charge in [0.05, 0.1) is 18.7 Å². The molecule has 0 unspecified atom stereocenters. The zero-order valence-corrected chi connectivity index (χ0v) is 22.8. The second-order valence-electron chi connectivity index (χ2n) is 10.4.